The van der Waals surface area contributed by atoms with Crippen LogP contribution in [0.3, 0.4) is 0 Å². The Balaban J connectivity index is 1.55. The molecule has 0 saturated heterocycles. The number of hydrogen-bond donors (Lipinski definition) is 4. The first-order valence-electron chi connectivity index (χ1n) is 21.3. The van der Waals surface area contributed by atoms with E-state index >= 15 is 0 Å². The Morgan fingerprint density at radius 2 is 1.54 bits per heavy atom. The van der Waals surface area contributed by atoms with Crippen LogP contribution in [0.4, 0.5) is 19.4 Å². The van der Waals surface area contributed by atoms with Crippen LogP contribution in [-0.4, -0.2) is 90.0 Å². The number of nitriles is 1. The highest BCUT2D eigenvalue weighted by molar-refractivity contribution is 8.45. The quantitative estimate of drug-likeness (QED) is 0.0600. The standard InChI is InChI=1S/C46H53F5N8O7S/c1-27-21-40(62)43(59(3)46(64)32(14-16-53)25-39(61)36-26-56-44(57-28(36)2)30-7-10-33(11-8-30)67(47,48,49,50)51)31-9-13-42(66-20-18-55)35(24-31)34-22-29(6-12-41(34)65-19-17-54)23-37(58-45(27)63)38(60)5-4-15-52/h6-13,22,24,26-27,32,37,43H,4-5,14,16-21,23,25,53-55H2,1-3H3,(H,58,63)/t27-,32-,37+,43+/m1/s1. The number of aromatic nitrogens is 2. The Hall–Kier alpha value is -6.34. The largest absolute Gasteiger partial charge is 0.492 e. The van der Waals surface area contributed by atoms with Crippen LogP contribution in [0.1, 0.15) is 72.2 Å². The van der Waals surface area contributed by atoms with Crippen molar-refractivity contribution >= 4 is 39.4 Å². The van der Waals surface area contributed by atoms with Gasteiger partial charge >= 0.3 is 10.2 Å². The molecule has 4 aromatic rings. The number of halogens is 5. The Labute approximate surface area is 384 Å². The van der Waals surface area contributed by atoms with E-state index in [4.69, 9.17) is 26.7 Å². The van der Waals surface area contributed by atoms with Gasteiger partial charge in [0.05, 0.1) is 23.4 Å². The minimum absolute atomic E-state index is 0.0158. The molecule has 2 heterocycles. The summed E-state index contributed by atoms with van der Waals surface area (Å²) < 4.78 is 78.7. The predicted octanol–water partition coefficient (Wildman–Crippen LogP) is 6.70. The van der Waals surface area contributed by atoms with Crippen LogP contribution in [0.15, 0.2) is 71.8 Å². The molecule has 4 bridgehead atoms. The Kier molecular flexibility index (Phi) is 15.9. The molecule has 0 unspecified atom stereocenters. The molecule has 7 N–H and O–H groups in total. The summed E-state index contributed by atoms with van der Waals surface area (Å²) in [6.45, 7) is 3.43. The zero-order valence-corrected chi connectivity index (χ0v) is 37.9. The number of carbonyl (C=O) groups is 5. The summed E-state index contributed by atoms with van der Waals surface area (Å²) in [5, 5.41) is 12.0. The van der Waals surface area contributed by atoms with E-state index in [1.54, 1.807) is 36.4 Å². The number of carbonyl (C=O) groups excluding carboxylic acids is 5. The second-order valence-electron chi connectivity index (χ2n) is 16.3. The van der Waals surface area contributed by atoms with Gasteiger partial charge in [-0.3, -0.25) is 24.0 Å². The topological polar surface area (TPSA) is 247 Å². The first kappa shape index (κ1) is 51.6. The summed E-state index contributed by atoms with van der Waals surface area (Å²) >= 11 is 0. The lowest BCUT2D eigenvalue weighted by atomic mass is 9.88. The van der Waals surface area contributed by atoms with Crippen molar-refractivity contribution in [1.29, 1.82) is 5.26 Å². The van der Waals surface area contributed by atoms with E-state index in [0.29, 0.717) is 33.8 Å². The zero-order valence-electron chi connectivity index (χ0n) is 37.1. The van der Waals surface area contributed by atoms with E-state index in [1.807, 2.05) is 6.07 Å². The smallest absolute Gasteiger partial charge is 0.310 e. The molecule has 0 radical (unpaired) electrons. The zero-order chi connectivity index (χ0) is 49.3. The number of benzene rings is 3. The summed E-state index contributed by atoms with van der Waals surface area (Å²) in [7, 11) is -8.55. The van der Waals surface area contributed by atoms with E-state index < -0.39 is 81.0 Å². The van der Waals surface area contributed by atoms with Crippen LogP contribution in [0.25, 0.3) is 22.5 Å². The number of nitrogens with zero attached hydrogens (tertiary/aromatic N) is 4. The van der Waals surface area contributed by atoms with Gasteiger partial charge in [-0.1, -0.05) is 38.5 Å². The molecule has 0 saturated carbocycles. The fraction of sp³-hybridized carbons (Fsp3) is 0.391. The van der Waals surface area contributed by atoms with Gasteiger partial charge in [-0.15, -0.1) is 0 Å². The molecule has 4 atom stereocenters. The third kappa shape index (κ3) is 13.0. The fourth-order valence-corrected chi connectivity index (χ4v) is 8.37. The van der Waals surface area contributed by atoms with Crippen LogP contribution < -0.4 is 32.0 Å². The Bertz CT molecular complexity index is 2560. The van der Waals surface area contributed by atoms with Crippen molar-refractivity contribution in [2.45, 2.75) is 69.4 Å². The number of fused-ring (bicyclic) bond motifs is 5. The van der Waals surface area contributed by atoms with Gasteiger partial charge in [0.1, 0.15) is 35.7 Å². The van der Waals surface area contributed by atoms with Crippen molar-refractivity contribution in [3.05, 3.63) is 89.2 Å². The molecule has 15 nitrogen and oxygen atoms in total. The molecule has 0 spiro atoms. The summed E-state index contributed by atoms with van der Waals surface area (Å²) in [4.78, 5) is 77.8. The van der Waals surface area contributed by atoms with E-state index in [2.05, 4.69) is 15.3 Å². The molecular formula is C46H53F5N8O7S. The number of rotatable bonds is 18. The summed E-state index contributed by atoms with van der Waals surface area (Å²) in [6, 6.07) is 11.6. The number of Topliss-reactive ketones (excluding diaryl/α,β-unsaturated/α-hetero) is 3. The monoisotopic (exact) mass is 956 g/mol. The van der Waals surface area contributed by atoms with Crippen LogP contribution in [-0.2, 0) is 25.6 Å². The highest BCUT2D eigenvalue weighted by atomic mass is 32.5. The number of aryl methyl sites for hydroxylation is 1. The Morgan fingerprint density at radius 3 is 2.12 bits per heavy atom. The molecule has 3 aromatic carbocycles. The molecule has 2 amide bonds. The molecule has 1 aliphatic rings. The van der Waals surface area contributed by atoms with Crippen molar-refractivity contribution < 1.29 is 52.9 Å². The maximum Gasteiger partial charge on any atom is 0.310 e. The average molecular weight is 957 g/mol. The van der Waals surface area contributed by atoms with Crippen LogP contribution in [0, 0.1) is 30.1 Å². The number of nitrogens with one attached hydrogen (secondary N) is 1. The summed E-state index contributed by atoms with van der Waals surface area (Å²) in [5.41, 5.74) is 19.4. The Morgan fingerprint density at radius 1 is 0.910 bits per heavy atom. The van der Waals surface area contributed by atoms with Crippen molar-refractivity contribution in [1.82, 2.24) is 20.2 Å². The maximum absolute atomic E-state index is 14.6. The van der Waals surface area contributed by atoms with E-state index in [9.17, 15) is 48.7 Å². The molecule has 0 aliphatic carbocycles. The lowest BCUT2D eigenvalue weighted by molar-refractivity contribution is -0.142. The van der Waals surface area contributed by atoms with Gasteiger partial charge in [0.2, 0.25) is 11.8 Å². The molecule has 67 heavy (non-hydrogen) atoms. The summed E-state index contributed by atoms with van der Waals surface area (Å²) in [6.07, 6.45) is 0.109. The summed E-state index contributed by atoms with van der Waals surface area (Å²) in [5.74, 6) is -4.37. The average Bonchev–Trinajstić information content (AvgIpc) is 3.28. The van der Waals surface area contributed by atoms with Gasteiger partial charge in [-0.25, -0.2) is 9.97 Å². The number of amides is 2. The number of nitrogens with two attached hydrogens (primary N) is 3. The second kappa shape index (κ2) is 20.7. The van der Waals surface area contributed by atoms with Gasteiger partial charge in [0.25, 0.3) is 0 Å². The maximum atomic E-state index is 14.6. The minimum atomic E-state index is -9.93. The molecule has 1 aromatic heterocycles. The molecule has 5 rings (SSSR count). The fourth-order valence-electron chi connectivity index (χ4n) is 7.72. The van der Waals surface area contributed by atoms with Crippen molar-refractivity contribution in [3.63, 3.8) is 0 Å². The first-order valence-corrected chi connectivity index (χ1v) is 23.3. The molecule has 21 heteroatoms. The lowest BCUT2D eigenvalue weighted by Crippen LogP contribution is -2.46. The normalized spacial score (nSPS) is 18.0. The highest BCUT2D eigenvalue weighted by Gasteiger charge is 2.65. The molecule has 360 valence electrons. The van der Waals surface area contributed by atoms with E-state index in [0.717, 1.165) is 18.3 Å². The number of ether oxygens (including phenoxy) is 2. The molecule has 1 aliphatic heterocycles. The van der Waals surface area contributed by atoms with E-state index in [-0.39, 0.29) is 93.3 Å². The highest BCUT2D eigenvalue weighted by Crippen LogP contribution is 3.02. The van der Waals surface area contributed by atoms with Crippen molar-refractivity contribution in [2.24, 2.45) is 29.0 Å². The SMILES string of the molecule is Cc1nc(-c2ccc(S(F)(F)(F)(F)F)cc2)ncc1C(=O)C[C@@H](CCN)C(=O)N(C)[C@@H]1C(=O)C[C@@H](C)C(=O)N[C@H](C(=O)CCC#N)Cc2ccc(OCCN)c(c2)-c2cc1ccc2OCCN. The lowest BCUT2D eigenvalue weighted by Gasteiger charge is -2.40. The third-order valence-electron chi connectivity index (χ3n) is 11.2. The van der Waals surface area contributed by atoms with Gasteiger partial charge < -0.3 is 36.9 Å². The first-order chi connectivity index (χ1) is 31.5. The van der Waals surface area contributed by atoms with Crippen LogP contribution in [0.2, 0.25) is 0 Å². The molecule has 0 fully saturated rings. The van der Waals surface area contributed by atoms with Gasteiger partial charge in [0.15, 0.2) is 23.2 Å². The van der Waals surface area contributed by atoms with Gasteiger partial charge in [-0.05, 0) is 86.0 Å². The van der Waals surface area contributed by atoms with Crippen LogP contribution >= 0.6 is 10.2 Å². The number of hydrogen-bond acceptors (Lipinski definition) is 13. The van der Waals surface area contributed by atoms with Gasteiger partial charge in [-0.2, -0.15) is 5.26 Å². The van der Waals surface area contributed by atoms with Crippen molar-refractivity contribution in [2.75, 3.05) is 39.9 Å². The second-order valence-corrected chi connectivity index (χ2v) is 18.7. The van der Waals surface area contributed by atoms with Crippen LogP contribution in [0.5, 0.6) is 11.5 Å². The number of ketones is 3. The van der Waals surface area contributed by atoms with E-state index in [1.165, 1.54) is 25.8 Å². The minimum Gasteiger partial charge on any atom is -0.492 e. The predicted molar refractivity (Wildman–Crippen MR) is 240 cm³/mol. The van der Waals surface area contributed by atoms with Gasteiger partial charge in [0, 0.05) is 80.5 Å². The third-order valence-corrected chi connectivity index (χ3v) is 12.3. The van der Waals surface area contributed by atoms with Crippen molar-refractivity contribution in [3.8, 4) is 40.1 Å². The number of likely N-dealkylation sites (N-methyl/N-ethyl adjacent to an activating group) is 1. The molecular weight excluding hydrogens is 904 g/mol.